The third-order valence-electron chi connectivity index (χ3n) is 5.79. The van der Waals surface area contributed by atoms with Crippen LogP contribution in [-0.4, -0.2) is 25.5 Å². The van der Waals surface area contributed by atoms with E-state index in [4.69, 9.17) is 20.6 Å². The number of hydrogen-bond acceptors (Lipinski definition) is 10. The van der Waals surface area contributed by atoms with Crippen molar-refractivity contribution >= 4 is 37.9 Å². The summed E-state index contributed by atoms with van der Waals surface area (Å²) in [7, 11) is -2.29. The van der Waals surface area contributed by atoms with Crippen LogP contribution in [0.15, 0.2) is 64.2 Å². The second-order valence-corrected chi connectivity index (χ2v) is 11.5. The van der Waals surface area contributed by atoms with E-state index in [1.165, 1.54) is 41.3 Å². The molecule has 1 saturated carbocycles. The van der Waals surface area contributed by atoms with Gasteiger partial charge in [0.25, 0.3) is 0 Å². The Morgan fingerprint density at radius 3 is 2.57 bits per heavy atom. The molecule has 0 spiro atoms. The Balaban J connectivity index is 1.41. The predicted molar refractivity (Wildman–Crippen MR) is 137 cm³/mol. The van der Waals surface area contributed by atoms with Gasteiger partial charge in [-0.2, -0.15) is 18.6 Å². The van der Waals surface area contributed by atoms with Crippen molar-refractivity contribution in [3.63, 3.8) is 0 Å². The molecule has 1 atom stereocenters. The van der Waals surface area contributed by atoms with E-state index in [2.05, 4.69) is 15.0 Å². The zero-order chi connectivity index (χ0) is 24.4. The SMILES string of the molecule is COc1ccccc1-c1csc(N[C@@H](Cc2ccc(S(=O)(=O)ON)cc2)c2csc(C3CC3)n2)n1. The standard InChI is InChI=1S/C24H24N4O4S3/c1-31-22-5-3-2-4-18(22)20-13-34-24(28-20)27-19(21-14-33-23(26-21)16-8-9-16)12-15-6-10-17(11-7-15)35(29,30)32-25/h2-7,10-11,13-14,16,19H,8-9,12,25H2,1H3,(H,27,28)/t19-/m0/s1. The van der Waals surface area contributed by atoms with Crippen LogP contribution in [0.25, 0.3) is 11.3 Å². The van der Waals surface area contributed by atoms with E-state index in [1.54, 1.807) is 30.6 Å². The predicted octanol–water partition coefficient (Wildman–Crippen LogP) is 5.13. The number of ether oxygens (including phenoxy) is 1. The van der Waals surface area contributed by atoms with Crippen LogP contribution in [0.5, 0.6) is 5.75 Å². The maximum absolute atomic E-state index is 11.9. The first-order chi connectivity index (χ1) is 17.0. The fraction of sp³-hybridized carbons (Fsp3) is 0.250. The largest absolute Gasteiger partial charge is 0.496 e. The van der Waals surface area contributed by atoms with Gasteiger partial charge in [-0.1, -0.05) is 24.3 Å². The highest BCUT2D eigenvalue weighted by atomic mass is 32.2. The van der Waals surface area contributed by atoms with E-state index < -0.39 is 10.1 Å². The number of anilines is 1. The summed E-state index contributed by atoms with van der Waals surface area (Å²) in [5.41, 5.74) is 3.66. The second kappa shape index (κ2) is 10.0. The molecule has 35 heavy (non-hydrogen) atoms. The van der Waals surface area contributed by atoms with Gasteiger partial charge in [0.05, 0.1) is 34.4 Å². The Morgan fingerprint density at radius 2 is 1.86 bits per heavy atom. The van der Waals surface area contributed by atoms with Crippen molar-refractivity contribution < 1.29 is 17.4 Å². The molecule has 2 aromatic heterocycles. The smallest absolute Gasteiger partial charge is 0.312 e. The van der Waals surface area contributed by atoms with E-state index in [9.17, 15) is 8.42 Å². The Hall–Kier alpha value is -2.83. The van der Waals surface area contributed by atoms with Crippen molar-refractivity contribution in [2.24, 2.45) is 5.90 Å². The average molecular weight is 529 g/mol. The molecule has 11 heteroatoms. The number of benzene rings is 2. The van der Waals surface area contributed by atoms with Gasteiger partial charge in [-0.3, -0.25) is 0 Å². The molecule has 8 nitrogen and oxygen atoms in total. The van der Waals surface area contributed by atoms with Crippen molar-refractivity contribution in [3.05, 3.63) is 75.6 Å². The normalized spacial score (nSPS) is 14.6. The van der Waals surface area contributed by atoms with Gasteiger partial charge in [0.2, 0.25) is 0 Å². The maximum atomic E-state index is 11.9. The number of nitrogens with one attached hydrogen (secondary N) is 1. The molecule has 1 aliphatic rings. The van der Waals surface area contributed by atoms with E-state index in [0.717, 1.165) is 33.4 Å². The Labute approximate surface area is 211 Å². The van der Waals surface area contributed by atoms with Crippen LogP contribution < -0.4 is 16.0 Å². The number of nitrogens with two attached hydrogens (primary N) is 1. The number of aromatic nitrogens is 2. The molecule has 4 aromatic rings. The lowest BCUT2D eigenvalue weighted by atomic mass is 10.0. The molecule has 3 N–H and O–H groups in total. The molecule has 0 saturated heterocycles. The summed E-state index contributed by atoms with van der Waals surface area (Å²) in [4.78, 5) is 9.72. The van der Waals surface area contributed by atoms with Crippen LogP contribution in [0.3, 0.4) is 0 Å². The van der Waals surface area contributed by atoms with Gasteiger partial charge in [0.1, 0.15) is 5.75 Å². The lowest BCUT2D eigenvalue weighted by Gasteiger charge is -2.17. The lowest BCUT2D eigenvalue weighted by Crippen LogP contribution is -2.15. The zero-order valence-corrected chi connectivity index (χ0v) is 21.3. The van der Waals surface area contributed by atoms with Crippen LogP contribution in [0.2, 0.25) is 0 Å². The first-order valence-electron chi connectivity index (χ1n) is 11.0. The molecule has 2 heterocycles. The number of para-hydroxylation sites is 1. The van der Waals surface area contributed by atoms with Crippen LogP contribution in [0, 0.1) is 0 Å². The van der Waals surface area contributed by atoms with E-state index in [1.807, 2.05) is 29.6 Å². The summed E-state index contributed by atoms with van der Waals surface area (Å²) in [6, 6.07) is 14.2. The van der Waals surface area contributed by atoms with Gasteiger partial charge in [-0.05, 0) is 49.1 Å². The highest BCUT2D eigenvalue weighted by Gasteiger charge is 2.28. The fourth-order valence-corrected chi connectivity index (χ4v) is 6.15. The summed E-state index contributed by atoms with van der Waals surface area (Å²) < 4.78 is 33.3. The zero-order valence-electron chi connectivity index (χ0n) is 18.9. The summed E-state index contributed by atoms with van der Waals surface area (Å²) >= 11 is 3.21. The number of methoxy groups -OCH3 is 1. The van der Waals surface area contributed by atoms with Gasteiger partial charge in [0, 0.05) is 22.2 Å². The van der Waals surface area contributed by atoms with Crippen molar-refractivity contribution in [2.45, 2.75) is 36.1 Å². The molecule has 1 aliphatic carbocycles. The van der Waals surface area contributed by atoms with Crippen LogP contribution in [0.4, 0.5) is 5.13 Å². The Morgan fingerprint density at radius 1 is 1.09 bits per heavy atom. The van der Waals surface area contributed by atoms with Crippen LogP contribution in [0.1, 0.15) is 41.1 Å². The number of hydrogen-bond donors (Lipinski definition) is 2. The third kappa shape index (κ3) is 5.39. The van der Waals surface area contributed by atoms with Crippen LogP contribution in [-0.2, 0) is 20.8 Å². The summed E-state index contributed by atoms with van der Waals surface area (Å²) in [5, 5.41) is 9.59. The molecule has 0 amide bonds. The molecular formula is C24H24N4O4S3. The van der Waals surface area contributed by atoms with E-state index in [0.29, 0.717) is 12.3 Å². The topological polar surface area (TPSA) is 116 Å². The number of thiazole rings is 2. The summed E-state index contributed by atoms with van der Waals surface area (Å²) in [6.07, 6.45) is 2.99. The van der Waals surface area contributed by atoms with Crippen molar-refractivity contribution in [2.75, 3.05) is 12.4 Å². The van der Waals surface area contributed by atoms with Gasteiger partial charge in [0.15, 0.2) is 5.13 Å². The summed E-state index contributed by atoms with van der Waals surface area (Å²) in [5.74, 6) is 6.24. The highest BCUT2D eigenvalue weighted by molar-refractivity contribution is 7.86. The molecule has 1 fully saturated rings. The first-order valence-corrected chi connectivity index (χ1v) is 14.2. The van der Waals surface area contributed by atoms with Crippen LogP contribution >= 0.6 is 22.7 Å². The third-order valence-corrected chi connectivity index (χ3v) is 8.69. The monoisotopic (exact) mass is 528 g/mol. The van der Waals surface area contributed by atoms with E-state index in [-0.39, 0.29) is 10.9 Å². The second-order valence-electron chi connectivity index (χ2n) is 8.22. The molecule has 2 aromatic carbocycles. The maximum Gasteiger partial charge on any atom is 0.312 e. The number of rotatable bonds is 10. The lowest BCUT2D eigenvalue weighted by molar-refractivity contribution is 0.333. The van der Waals surface area contributed by atoms with Crippen molar-refractivity contribution in [1.29, 1.82) is 0 Å². The minimum absolute atomic E-state index is 0.0133. The number of nitrogens with zero attached hydrogens (tertiary/aromatic N) is 2. The molecule has 0 unspecified atom stereocenters. The quantitative estimate of drug-likeness (QED) is 0.272. The fourth-order valence-electron chi connectivity index (χ4n) is 3.76. The molecule has 182 valence electrons. The Kier molecular flexibility index (Phi) is 6.85. The molecule has 0 bridgehead atoms. The summed E-state index contributed by atoms with van der Waals surface area (Å²) in [6.45, 7) is 0. The van der Waals surface area contributed by atoms with Gasteiger partial charge < -0.3 is 10.1 Å². The van der Waals surface area contributed by atoms with Gasteiger partial charge >= 0.3 is 10.1 Å². The minimum atomic E-state index is -3.94. The van der Waals surface area contributed by atoms with Crippen molar-refractivity contribution in [1.82, 2.24) is 9.97 Å². The average Bonchev–Trinajstić information content (AvgIpc) is 3.42. The molecule has 5 rings (SSSR count). The highest BCUT2D eigenvalue weighted by Crippen LogP contribution is 2.42. The van der Waals surface area contributed by atoms with Gasteiger partial charge in [-0.15, -0.1) is 22.7 Å². The Bertz CT molecular complexity index is 1410. The first kappa shape index (κ1) is 23.9. The van der Waals surface area contributed by atoms with Gasteiger partial charge in [-0.25, -0.2) is 9.97 Å². The van der Waals surface area contributed by atoms with Crippen molar-refractivity contribution in [3.8, 4) is 17.0 Å². The minimum Gasteiger partial charge on any atom is -0.496 e. The molecular weight excluding hydrogens is 504 g/mol. The molecule has 0 aliphatic heterocycles. The molecule has 0 radical (unpaired) electrons. The van der Waals surface area contributed by atoms with E-state index >= 15 is 0 Å².